The molecule has 0 aliphatic heterocycles. The van der Waals surface area contributed by atoms with Gasteiger partial charge < -0.3 is 19.9 Å². The first-order valence-corrected chi connectivity index (χ1v) is 6.80. The lowest BCUT2D eigenvalue weighted by Gasteiger charge is -2.22. The normalized spacial score (nSPS) is 17.4. The summed E-state index contributed by atoms with van der Waals surface area (Å²) in [6.45, 7) is 1.35. The summed E-state index contributed by atoms with van der Waals surface area (Å²) < 4.78 is 10.5. The fourth-order valence-electron chi connectivity index (χ4n) is 2.62. The van der Waals surface area contributed by atoms with E-state index in [4.69, 9.17) is 9.47 Å². The van der Waals surface area contributed by atoms with E-state index in [-0.39, 0.29) is 0 Å². The maximum Gasteiger partial charge on any atom is 0.122 e. The fourth-order valence-corrected chi connectivity index (χ4v) is 2.62. The van der Waals surface area contributed by atoms with Crippen LogP contribution in [0, 0.1) is 0 Å². The highest BCUT2D eigenvalue weighted by atomic mass is 16.5. The van der Waals surface area contributed by atoms with Gasteiger partial charge >= 0.3 is 0 Å². The van der Waals surface area contributed by atoms with Crippen molar-refractivity contribution in [3.63, 3.8) is 0 Å². The van der Waals surface area contributed by atoms with Gasteiger partial charge in [-0.15, -0.1) is 0 Å². The number of hydrogen-bond acceptors (Lipinski definition) is 4. The van der Waals surface area contributed by atoms with Crippen LogP contribution in [0.2, 0.25) is 0 Å². The summed E-state index contributed by atoms with van der Waals surface area (Å²) in [4.78, 5) is 0. The topological polar surface area (TPSA) is 50.7 Å². The standard InChI is InChI=1S/C15H23NO3/c1-18-13-7-12(8-14(9-13)19-2)10-16-11-15(17)5-3-4-6-15/h7-9,16-17H,3-6,10-11H2,1-2H3. The predicted molar refractivity (Wildman–Crippen MR) is 74.7 cm³/mol. The SMILES string of the molecule is COc1cc(CNCC2(O)CCCC2)cc(OC)c1. The fraction of sp³-hybridized carbons (Fsp3) is 0.600. The van der Waals surface area contributed by atoms with Crippen molar-refractivity contribution < 1.29 is 14.6 Å². The van der Waals surface area contributed by atoms with Gasteiger partial charge in [-0.2, -0.15) is 0 Å². The zero-order valence-electron chi connectivity index (χ0n) is 11.7. The van der Waals surface area contributed by atoms with E-state index >= 15 is 0 Å². The first kappa shape index (κ1) is 14.2. The Morgan fingerprint density at radius 2 is 1.68 bits per heavy atom. The van der Waals surface area contributed by atoms with Crippen LogP contribution in [0.4, 0.5) is 0 Å². The minimum atomic E-state index is -0.511. The van der Waals surface area contributed by atoms with Crippen LogP contribution in [0.25, 0.3) is 0 Å². The molecule has 1 saturated carbocycles. The number of nitrogens with one attached hydrogen (secondary N) is 1. The first-order chi connectivity index (χ1) is 9.15. The third kappa shape index (κ3) is 3.85. The molecule has 4 nitrogen and oxygen atoms in total. The third-order valence-electron chi connectivity index (χ3n) is 3.73. The Bertz CT molecular complexity index is 392. The average molecular weight is 265 g/mol. The van der Waals surface area contributed by atoms with Crippen molar-refractivity contribution in [1.82, 2.24) is 5.32 Å². The van der Waals surface area contributed by atoms with Crippen molar-refractivity contribution in [3.05, 3.63) is 23.8 Å². The molecule has 1 aliphatic rings. The molecule has 2 rings (SSSR count). The molecule has 0 unspecified atom stereocenters. The molecular weight excluding hydrogens is 242 g/mol. The van der Waals surface area contributed by atoms with Crippen LogP contribution in [-0.2, 0) is 6.54 Å². The zero-order chi connectivity index (χ0) is 13.7. The summed E-state index contributed by atoms with van der Waals surface area (Å²) in [6, 6.07) is 5.82. The lowest BCUT2D eigenvalue weighted by atomic mass is 10.0. The Labute approximate surface area is 114 Å². The van der Waals surface area contributed by atoms with Gasteiger partial charge in [0.1, 0.15) is 11.5 Å². The van der Waals surface area contributed by atoms with Crippen molar-refractivity contribution in [2.75, 3.05) is 20.8 Å². The van der Waals surface area contributed by atoms with E-state index in [9.17, 15) is 5.11 Å². The van der Waals surface area contributed by atoms with E-state index < -0.39 is 5.60 Å². The Morgan fingerprint density at radius 3 is 2.21 bits per heavy atom. The van der Waals surface area contributed by atoms with Crippen LogP contribution in [0.3, 0.4) is 0 Å². The van der Waals surface area contributed by atoms with E-state index in [2.05, 4.69) is 5.32 Å². The molecule has 106 valence electrons. The minimum Gasteiger partial charge on any atom is -0.497 e. The molecule has 0 saturated heterocycles. The summed E-state index contributed by atoms with van der Waals surface area (Å²) in [6.07, 6.45) is 4.07. The molecule has 19 heavy (non-hydrogen) atoms. The lowest BCUT2D eigenvalue weighted by molar-refractivity contribution is 0.0475. The highest BCUT2D eigenvalue weighted by Gasteiger charge is 2.30. The van der Waals surface area contributed by atoms with E-state index in [1.165, 1.54) is 0 Å². The summed E-state index contributed by atoms with van der Waals surface area (Å²) >= 11 is 0. The predicted octanol–water partition coefficient (Wildman–Crippen LogP) is 2.10. The summed E-state index contributed by atoms with van der Waals surface area (Å²) in [5.41, 5.74) is 0.584. The van der Waals surface area contributed by atoms with Crippen LogP contribution in [0.5, 0.6) is 11.5 Å². The van der Waals surface area contributed by atoms with Crippen molar-refractivity contribution in [3.8, 4) is 11.5 Å². The van der Waals surface area contributed by atoms with Crippen LogP contribution in [-0.4, -0.2) is 31.5 Å². The largest absolute Gasteiger partial charge is 0.497 e. The van der Waals surface area contributed by atoms with Gasteiger partial charge in [0.25, 0.3) is 0 Å². The minimum absolute atomic E-state index is 0.511. The van der Waals surface area contributed by atoms with E-state index in [1.54, 1.807) is 14.2 Å². The van der Waals surface area contributed by atoms with Crippen molar-refractivity contribution in [2.24, 2.45) is 0 Å². The molecule has 0 atom stereocenters. The van der Waals surface area contributed by atoms with E-state index in [1.807, 2.05) is 18.2 Å². The summed E-state index contributed by atoms with van der Waals surface area (Å²) in [7, 11) is 3.29. The van der Waals surface area contributed by atoms with Crippen LogP contribution < -0.4 is 14.8 Å². The molecule has 0 amide bonds. The van der Waals surface area contributed by atoms with E-state index in [0.29, 0.717) is 13.1 Å². The maximum absolute atomic E-state index is 10.3. The highest BCUT2D eigenvalue weighted by Crippen LogP contribution is 2.29. The zero-order valence-corrected chi connectivity index (χ0v) is 11.7. The van der Waals surface area contributed by atoms with Crippen LogP contribution >= 0.6 is 0 Å². The number of ether oxygens (including phenoxy) is 2. The van der Waals surface area contributed by atoms with Gasteiger partial charge in [-0.05, 0) is 30.5 Å². The second kappa shape index (κ2) is 6.26. The Balaban J connectivity index is 1.91. The second-order valence-electron chi connectivity index (χ2n) is 5.26. The number of hydrogen-bond donors (Lipinski definition) is 2. The Kier molecular flexibility index (Phi) is 4.66. The molecule has 1 aliphatic carbocycles. The lowest BCUT2D eigenvalue weighted by Crippen LogP contribution is -2.37. The quantitative estimate of drug-likeness (QED) is 0.827. The molecule has 4 heteroatoms. The van der Waals surface area contributed by atoms with Gasteiger partial charge in [-0.25, -0.2) is 0 Å². The molecule has 1 aromatic carbocycles. The van der Waals surface area contributed by atoms with Crippen LogP contribution in [0.15, 0.2) is 18.2 Å². The molecule has 0 aromatic heterocycles. The van der Waals surface area contributed by atoms with Gasteiger partial charge in [0, 0.05) is 19.2 Å². The summed E-state index contributed by atoms with van der Waals surface area (Å²) in [5.74, 6) is 1.58. The second-order valence-corrected chi connectivity index (χ2v) is 5.26. The smallest absolute Gasteiger partial charge is 0.122 e. The number of aliphatic hydroxyl groups is 1. The van der Waals surface area contributed by atoms with Gasteiger partial charge in [0.15, 0.2) is 0 Å². The van der Waals surface area contributed by atoms with Crippen LogP contribution in [0.1, 0.15) is 31.2 Å². The van der Waals surface area contributed by atoms with Crippen molar-refractivity contribution in [2.45, 2.75) is 37.8 Å². The van der Waals surface area contributed by atoms with Gasteiger partial charge in [0.2, 0.25) is 0 Å². The molecule has 1 aromatic rings. The number of rotatable bonds is 6. The summed E-state index contributed by atoms with van der Waals surface area (Å²) in [5, 5.41) is 13.6. The average Bonchev–Trinajstić information content (AvgIpc) is 2.85. The Hall–Kier alpha value is -1.26. The van der Waals surface area contributed by atoms with Gasteiger partial charge in [0.05, 0.1) is 19.8 Å². The van der Waals surface area contributed by atoms with Gasteiger partial charge in [-0.3, -0.25) is 0 Å². The molecule has 0 heterocycles. The molecule has 0 radical (unpaired) electrons. The van der Waals surface area contributed by atoms with E-state index in [0.717, 1.165) is 42.7 Å². The highest BCUT2D eigenvalue weighted by molar-refractivity contribution is 5.38. The maximum atomic E-state index is 10.3. The van der Waals surface area contributed by atoms with Crippen molar-refractivity contribution in [1.29, 1.82) is 0 Å². The molecule has 2 N–H and O–H groups in total. The third-order valence-corrected chi connectivity index (χ3v) is 3.73. The number of benzene rings is 1. The molecule has 0 spiro atoms. The first-order valence-electron chi connectivity index (χ1n) is 6.80. The van der Waals surface area contributed by atoms with Crippen molar-refractivity contribution >= 4 is 0 Å². The van der Waals surface area contributed by atoms with Gasteiger partial charge in [-0.1, -0.05) is 12.8 Å². The molecular formula is C15H23NO3. The molecule has 0 bridgehead atoms. The number of methoxy groups -OCH3 is 2. The Morgan fingerprint density at radius 1 is 1.11 bits per heavy atom. The molecule has 1 fully saturated rings. The monoisotopic (exact) mass is 265 g/mol.